The largest absolute Gasteiger partial charge is 0.461 e. The molecule has 0 saturated heterocycles. The lowest BCUT2D eigenvalue weighted by molar-refractivity contribution is 0.0481. The van der Waals surface area contributed by atoms with E-state index in [1.54, 1.807) is 13.0 Å². The number of halogens is 2. The van der Waals surface area contributed by atoms with Crippen LogP contribution in [0, 0.1) is 11.6 Å². The van der Waals surface area contributed by atoms with Crippen LogP contribution >= 0.6 is 0 Å². The number of rotatable bonds is 7. The van der Waals surface area contributed by atoms with Gasteiger partial charge in [0.05, 0.1) is 11.3 Å². The van der Waals surface area contributed by atoms with Crippen molar-refractivity contribution in [2.45, 2.75) is 6.92 Å². The zero-order valence-corrected chi connectivity index (χ0v) is 16.2. The van der Waals surface area contributed by atoms with Gasteiger partial charge >= 0.3 is 12.0 Å². The van der Waals surface area contributed by atoms with E-state index in [-0.39, 0.29) is 29.3 Å². The molecule has 0 bridgehead atoms. The van der Waals surface area contributed by atoms with E-state index in [9.17, 15) is 18.4 Å². The van der Waals surface area contributed by atoms with Crippen molar-refractivity contribution in [3.8, 4) is 0 Å². The number of hydrazone groups is 1. The van der Waals surface area contributed by atoms with Crippen LogP contribution in [-0.4, -0.2) is 54.8 Å². The van der Waals surface area contributed by atoms with Gasteiger partial charge in [-0.15, -0.1) is 0 Å². The molecule has 2 aromatic rings. The maximum atomic E-state index is 13.2. The first-order chi connectivity index (χ1) is 13.8. The molecular formula is C19H21F2N5O3. The molecule has 154 valence electrons. The Morgan fingerprint density at radius 3 is 2.55 bits per heavy atom. The van der Waals surface area contributed by atoms with Crippen molar-refractivity contribution < 1.29 is 23.1 Å². The molecule has 0 aliphatic heterocycles. The summed E-state index contributed by atoms with van der Waals surface area (Å²) in [6, 6.07) is 4.90. The van der Waals surface area contributed by atoms with E-state index in [1.165, 1.54) is 12.3 Å². The fourth-order valence-electron chi connectivity index (χ4n) is 2.23. The molecule has 0 saturated carbocycles. The first kappa shape index (κ1) is 21.9. The van der Waals surface area contributed by atoms with Gasteiger partial charge in [0.2, 0.25) is 0 Å². The number of urea groups is 1. The molecule has 0 atom stereocenters. The van der Waals surface area contributed by atoms with Crippen LogP contribution in [0.2, 0.25) is 0 Å². The number of ether oxygens (including phenoxy) is 1. The monoisotopic (exact) mass is 405 g/mol. The Kier molecular flexibility index (Phi) is 7.72. The van der Waals surface area contributed by atoms with E-state index in [0.29, 0.717) is 12.6 Å². The van der Waals surface area contributed by atoms with Crippen LogP contribution in [0.25, 0.3) is 0 Å². The van der Waals surface area contributed by atoms with Gasteiger partial charge in [0.15, 0.2) is 0 Å². The lowest BCUT2D eigenvalue weighted by Gasteiger charge is -2.11. The highest BCUT2D eigenvalue weighted by Crippen LogP contribution is 2.13. The quantitative estimate of drug-likeness (QED) is 0.419. The molecule has 29 heavy (non-hydrogen) atoms. The third-order valence-electron chi connectivity index (χ3n) is 3.59. The number of nitrogens with zero attached hydrogens (tertiary/aromatic N) is 3. The van der Waals surface area contributed by atoms with E-state index in [1.807, 2.05) is 19.0 Å². The van der Waals surface area contributed by atoms with Crippen LogP contribution in [0.4, 0.5) is 19.3 Å². The Morgan fingerprint density at radius 2 is 1.90 bits per heavy atom. The van der Waals surface area contributed by atoms with Gasteiger partial charge in [-0.05, 0) is 45.3 Å². The molecule has 0 radical (unpaired) electrons. The number of benzene rings is 1. The summed E-state index contributed by atoms with van der Waals surface area (Å²) in [5.74, 6) is -2.22. The normalized spacial score (nSPS) is 11.3. The van der Waals surface area contributed by atoms with Crippen LogP contribution in [0.15, 0.2) is 41.6 Å². The van der Waals surface area contributed by atoms with Crippen molar-refractivity contribution in [2.24, 2.45) is 5.10 Å². The average Bonchev–Trinajstić information content (AvgIpc) is 2.65. The highest BCUT2D eigenvalue weighted by molar-refractivity contribution is 6.06. The van der Waals surface area contributed by atoms with Crippen LogP contribution < -0.4 is 10.7 Å². The molecule has 10 heteroatoms. The molecule has 0 spiro atoms. The summed E-state index contributed by atoms with van der Waals surface area (Å²) in [4.78, 5) is 30.2. The summed E-state index contributed by atoms with van der Waals surface area (Å²) in [5, 5.41) is 6.13. The maximum Gasteiger partial charge on any atom is 0.340 e. The van der Waals surface area contributed by atoms with E-state index >= 15 is 0 Å². The van der Waals surface area contributed by atoms with Gasteiger partial charge < -0.3 is 15.0 Å². The fraction of sp³-hybridized carbons (Fsp3) is 0.263. The molecule has 2 amide bonds. The average molecular weight is 405 g/mol. The Labute approximate surface area is 166 Å². The summed E-state index contributed by atoms with van der Waals surface area (Å²) in [6.07, 6.45) is 1.47. The zero-order valence-electron chi connectivity index (χ0n) is 16.2. The molecular weight excluding hydrogens is 384 g/mol. The summed E-state index contributed by atoms with van der Waals surface area (Å²) in [7, 11) is 3.71. The number of esters is 1. The molecule has 8 nitrogen and oxygen atoms in total. The number of carbonyl (C=O) groups is 2. The van der Waals surface area contributed by atoms with E-state index in [2.05, 4.69) is 20.8 Å². The number of hydrogen-bond acceptors (Lipinski definition) is 6. The summed E-state index contributed by atoms with van der Waals surface area (Å²) in [5.41, 5.74) is 2.79. The van der Waals surface area contributed by atoms with Crippen molar-refractivity contribution in [1.29, 1.82) is 0 Å². The number of hydrogen-bond donors (Lipinski definition) is 2. The maximum absolute atomic E-state index is 13.2. The summed E-state index contributed by atoms with van der Waals surface area (Å²) in [6.45, 7) is 2.32. The molecule has 0 fully saturated rings. The van der Waals surface area contributed by atoms with E-state index < -0.39 is 23.6 Å². The highest BCUT2D eigenvalue weighted by Gasteiger charge is 2.16. The smallest absolute Gasteiger partial charge is 0.340 e. The van der Waals surface area contributed by atoms with Gasteiger partial charge in [-0.3, -0.25) is 4.98 Å². The molecule has 2 rings (SSSR count). The van der Waals surface area contributed by atoms with Gasteiger partial charge in [0.1, 0.15) is 23.9 Å². The Hall–Kier alpha value is -3.40. The number of nitrogens with one attached hydrogen (secondary N) is 2. The molecule has 2 N–H and O–H groups in total. The van der Waals surface area contributed by atoms with Crippen molar-refractivity contribution >= 4 is 23.4 Å². The molecule has 1 aromatic heterocycles. The minimum atomic E-state index is -0.828. The first-order valence-corrected chi connectivity index (χ1v) is 8.61. The number of likely N-dealkylation sites (N-methyl/N-ethyl adjacent to an activating group) is 1. The second-order valence-corrected chi connectivity index (χ2v) is 6.26. The summed E-state index contributed by atoms with van der Waals surface area (Å²) < 4.78 is 31.6. The molecule has 1 aromatic carbocycles. The standard InChI is InChI=1S/C19H21F2N5O3/c1-12(24-25-19(28)23-15-10-13(20)9-14(21)11-15)17-16(5-4-6-22-17)18(27)29-8-7-26(2)3/h4-6,9-11H,7-8H2,1-3H3,(H2,23,25,28). The number of amides is 2. The van der Waals surface area contributed by atoms with Gasteiger partial charge in [0.25, 0.3) is 0 Å². The lowest BCUT2D eigenvalue weighted by atomic mass is 10.1. The Morgan fingerprint density at radius 1 is 1.21 bits per heavy atom. The molecule has 0 aliphatic carbocycles. The van der Waals surface area contributed by atoms with Crippen LogP contribution in [0.5, 0.6) is 0 Å². The second kappa shape index (κ2) is 10.2. The van der Waals surface area contributed by atoms with Crippen molar-refractivity contribution in [3.05, 3.63) is 59.4 Å². The first-order valence-electron chi connectivity index (χ1n) is 8.61. The van der Waals surface area contributed by atoms with E-state index in [0.717, 1.165) is 12.1 Å². The highest BCUT2D eigenvalue weighted by atomic mass is 19.1. The van der Waals surface area contributed by atoms with E-state index in [4.69, 9.17) is 4.74 Å². The van der Waals surface area contributed by atoms with Gasteiger partial charge in [-0.1, -0.05) is 0 Å². The van der Waals surface area contributed by atoms with Crippen molar-refractivity contribution in [1.82, 2.24) is 15.3 Å². The zero-order chi connectivity index (χ0) is 21.4. The van der Waals surface area contributed by atoms with Crippen molar-refractivity contribution in [2.75, 3.05) is 32.6 Å². The number of carbonyl (C=O) groups excluding carboxylic acids is 2. The Balaban J connectivity index is 2.05. The van der Waals surface area contributed by atoms with Gasteiger partial charge in [-0.2, -0.15) is 5.10 Å². The number of anilines is 1. The van der Waals surface area contributed by atoms with Crippen LogP contribution in [0.3, 0.4) is 0 Å². The molecule has 0 unspecified atom stereocenters. The van der Waals surface area contributed by atoms with Gasteiger partial charge in [0, 0.05) is 24.5 Å². The third kappa shape index (κ3) is 6.92. The fourth-order valence-corrected chi connectivity index (χ4v) is 2.23. The predicted molar refractivity (Wildman–Crippen MR) is 104 cm³/mol. The minimum Gasteiger partial charge on any atom is -0.461 e. The SMILES string of the molecule is CC(=NNC(=O)Nc1cc(F)cc(F)c1)c1ncccc1C(=O)OCCN(C)C. The second-order valence-electron chi connectivity index (χ2n) is 6.26. The topological polar surface area (TPSA) is 95.9 Å². The molecule has 0 aliphatic rings. The Bertz CT molecular complexity index is 898. The van der Waals surface area contributed by atoms with Crippen molar-refractivity contribution in [3.63, 3.8) is 0 Å². The summed E-state index contributed by atoms with van der Waals surface area (Å²) >= 11 is 0. The van der Waals surface area contributed by atoms with Crippen LogP contribution in [-0.2, 0) is 4.74 Å². The molecule has 1 heterocycles. The third-order valence-corrected chi connectivity index (χ3v) is 3.59. The number of aromatic nitrogens is 1. The lowest BCUT2D eigenvalue weighted by Crippen LogP contribution is -2.26. The van der Waals surface area contributed by atoms with Crippen LogP contribution in [0.1, 0.15) is 23.0 Å². The van der Waals surface area contributed by atoms with Gasteiger partial charge in [-0.25, -0.2) is 23.8 Å². The minimum absolute atomic E-state index is 0.0733. The predicted octanol–water partition coefficient (Wildman–Crippen LogP) is 2.62. The number of pyridine rings is 1.